The molecule has 0 spiro atoms. The third-order valence-corrected chi connectivity index (χ3v) is 5.19. The Morgan fingerprint density at radius 1 is 1.03 bits per heavy atom. The average Bonchev–Trinajstić information content (AvgIpc) is 3.05. The van der Waals surface area contributed by atoms with Gasteiger partial charge >= 0.3 is 5.97 Å². The second-order valence-corrected chi connectivity index (χ2v) is 7.22. The lowest BCUT2D eigenvalue weighted by atomic mass is 10.1. The van der Waals surface area contributed by atoms with E-state index in [1.807, 2.05) is 0 Å². The Balaban J connectivity index is 2.07. The Morgan fingerprint density at radius 2 is 1.80 bits per heavy atom. The largest absolute Gasteiger partial charge is 0.478 e. The highest BCUT2D eigenvalue weighted by Crippen LogP contribution is 2.35. The van der Waals surface area contributed by atoms with Crippen LogP contribution in [0.3, 0.4) is 0 Å². The van der Waals surface area contributed by atoms with E-state index in [-0.39, 0.29) is 32.6 Å². The van der Waals surface area contributed by atoms with Crippen LogP contribution in [0.5, 0.6) is 0 Å². The van der Waals surface area contributed by atoms with Crippen LogP contribution >= 0.6 is 23.2 Å². The van der Waals surface area contributed by atoms with Gasteiger partial charge in [-0.3, -0.25) is 9.36 Å². The molecule has 1 amide bonds. The first-order valence-electron chi connectivity index (χ1n) is 8.58. The summed E-state index contributed by atoms with van der Waals surface area (Å²) in [4.78, 5) is 27.3. The highest BCUT2D eigenvalue weighted by atomic mass is 35.5. The first-order chi connectivity index (χ1) is 14.3. The summed E-state index contributed by atoms with van der Waals surface area (Å²) in [6.07, 6.45) is 0. The molecule has 0 fully saturated rings. The Morgan fingerprint density at radius 3 is 2.43 bits per heavy atom. The minimum atomic E-state index is -1.12. The minimum absolute atomic E-state index is 0.0282. The molecule has 0 bridgehead atoms. The van der Waals surface area contributed by atoms with Crippen LogP contribution in [0.2, 0.25) is 10.0 Å². The van der Waals surface area contributed by atoms with E-state index in [1.165, 1.54) is 42.5 Å². The predicted octanol–water partition coefficient (Wildman–Crippen LogP) is 4.94. The number of aromatic carboxylic acids is 1. The van der Waals surface area contributed by atoms with Crippen LogP contribution < -0.4 is 5.73 Å². The van der Waals surface area contributed by atoms with Crippen LogP contribution in [0.4, 0.5) is 4.39 Å². The number of halogens is 3. The average molecular weight is 444 g/mol. The van der Waals surface area contributed by atoms with Gasteiger partial charge in [0.05, 0.1) is 37.8 Å². The first kappa shape index (κ1) is 19.9. The van der Waals surface area contributed by atoms with Crippen molar-refractivity contribution in [2.75, 3.05) is 0 Å². The van der Waals surface area contributed by atoms with Gasteiger partial charge in [-0.2, -0.15) is 0 Å². The Kier molecular flexibility index (Phi) is 4.93. The number of nitrogens with two attached hydrogens (primary N) is 1. The molecule has 0 saturated carbocycles. The fraction of sp³-hybridized carbons (Fsp3) is 0. The van der Waals surface area contributed by atoms with E-state index < -0.39 is 17.7 Å². The van der Waals surface area contributed by atoms with Gasteiger partial charge in [0.25, 0.3) is 0 Å². The number of amides is 1. The van der Waals surface area contributed by atoms with E-state index in [0.717, 1.165) is 0 Å². The molecule has 4 aromatic rings. The van der Waals surface area contributed by atoms with Crippen molar-refractivity contribution in [1.82, 2.24) is 9.55 Å². The number of imidazole rings is 1. The zero-order chi connectivity index (χ0) is 21.6. The van der Waals surface area contributed by atoms with E-state index in [2.05, 4.69) is 4.98 Å². The Hall–Kier alpha value is -3.42. The van der Waals surface area contributed by atoms with Crippen molar-refractivity contribution in [3.8, 4) is 17.1 Å². The molecule has 150 valence electrons. The van der Waals surface area contributed by atoms with Gasteiger partial charge in [-0.1, -0.05) is 29.3 Å². The second kappa shape index (κ2) is 7.44. The van der Waals surface area contributed by atoms with Gasteiger partial charge in [0.1, 0.15) is 11.6 Å². The molecule has 1 heterocycles. The summed E-state index contributed by atoms with van der Waals surface area (Å²) in [6.45, 7) is 0. The van der Waals surface area contributed by atoms with Crippen LogP contribution in [0.1, 0.15) is 20.7 Å². The summed E-state index contributed by atoms with van der Waals surface area (Å²) in [7, 11) is 0. The zero-order valence-corrected chi connectivity index (χ0v) is 16.6. The molecule has 0 aliphatic heterocycles. The lowest BCUT2D eigenvalue weighted by Gasteiger charge is -2.12. The van der Waals surface area contributed by atoms with Gasteiger partial charge in [-0.25, -0.2) is 14.2 Å². The number of carboxylic acid groups (broad SMARTS) is 1. The molecular formula is C21H12Cl2FN3O3. The molecule has 0 saturated heterocycles. The molecular weight excluding hydrogens is 432 g/mol. The number of nitrogens with zero attached hydrogens (tertiary/aromatic N) is 2. The summed E-state index contributed by atoms with van der Waals surface area (Å²) in [5, 5.41) is 9.52. The van der Waals surface area contributed by atoms with Crippen molar-refractivity contribution in [2.24, 2.45) is 5.73 Å². The number of hydrogen-bond donors (Lipinski definition) is 2. The summed E-state index contributed by atoms with van der Waals surface area (Å²) in [5.74, 6) is -2.26. The van der Waals surface area contributed by atoms with Gasteiger partial charge in [-0.15, -0.1) is 0 Å². The van der Waals surface area contributed by atoms with E-state index in [1.54, 1.807) is 16.7 Å². The van der Waals surface area contributed by atoms with Gasteiger partial charge in [0, 0.05) is 5.69 Å². The van der Waals surface area contributed by atoms with Crippen molar-refractivity contribution in [2.45, 2.75) is 0 Å². The maximum Gasteiger partial charge on any atom is 0.335 e. The van der Waals surface area contributed by atoms with E-state index in [0.29, 0.717) is 16.7 Å². The fourth-order valence-electron chi connectivity index (χ4n) is 3.20. The molecule has 0 unspecified atom stereocenters. The lowest BCUT2D eigenvalue weighted by Crippen LogP contribution is -2.12. The highest BCUT2D eigenvalue weighted by molar-refractivity contribution is 6.34. The summed E-state index contributed by atoms with van der Waals surface area (Å²) in [5.41, 5.74) is 6.79. The fourth-order valence-corrected chi connectivity index (χ4v) is 3.71. The number of primary amides is 1. The van der Waals surface area contributed by atoms with E-state index in [9.17, 15) is 19.1 Å². The zero-order valence-electron chi connectivity index (χ0n) is 15.1. The number of hydrogen-bond acceptors (Lipinski definition) is 3. The van der Waals surface area contributed by atoms with Crippen LogP contribution in [-0.2, 0) is 0 Å². The number of rotatable bonds is 4. The second-order valence-electron chi connectivity index (χ2n) is 6.40. The SMILES string of the molecule is NC(=O)c1ccc(-n2c(-c3c(F)cccc3Cl)nc3cc(C(=O)O)ccc32)cc1Cl. The Labute approximate surface area is 179 Å². The maximum absolute atomic E-state index is 14.7. The molecule has 30 heavy (non-hydrogen) atoms. The van der Waals surface area contributed by atoms with Gasteiger partial charge < -0.3 is 10.8 Å². The molecule has 0 atom stereocenters. The van der Waals surface area contributed by atoms with Gasteiger partial charge in [0.2, 0.25) is 5.91 Å². The van der Waals surface area contributed by atoms with Crippen molar-refractivity contribution in [1.29, 1.82) is 0 Å². The number of carboxylic acids is 1. The van der Waals surface area contributed by atoms with E-state index in [4.69, 9.17) is 28.9 Å². The minimum Gasteiger partial charge on any atom is -0.478 e. The maximum atomic E-state index is 14.7. The topological polar surface area (TPSA) is 98.2 Å². The predicted molar refractivity (Wildman–Crippen MR) is 112 cm³/mol. The van der Waals surface area contributed by atoms with Crippen LogP contribution in [-0.4, -0.2) is 26.5 Å². The quantitative estimate of drug-likeness (QED) is 0.466. The highest BCUT2D eigenvalue weighted by Gasteiger charge is 2.21. The number of aromatic nitrogens is 2. The number of carbonyl (C=O) groups excluding carboxylic acids is 1. The monoisotopic (exact) mass is 443 g/mol. The Bertz CT molecular complexity index is 1330. The van der Waals surface area contributed by atoms with E-state index >= 15 is 0 Å². The van der Waals surface area contributed by atoms with Gasteiger partial charge in [-0.05, 0) is 48.5 Å². The van der Waals surface area contributed by atoms with Crippen molar-refractivity contribution in [3.63, 3.8) is 0 Å². The summed E-state index contributed by atoms with van der Waals surface area (Å²) in [6, 6.07) is 13.1. The van der Waals surface area contributed by atoms with Crippen molar-refractivity contribution >= 4 is 46.1 Å². The third kappa shape index (κ3) is 3.28. The molecule has 9 heteroatoms. The molecule has 4 rings (SSSR count). The molecule has 1 aromatic heterocycles. The molecule has 0 aliphatic carbocycles. The van der Waals surface area contributed by atoms with Crippen LogP contribution in [0, 0.1) is 5.82 Å². The number of carbonyl (C=O) groups is 2. The summed E-state index contributed by atoms with van der Waals surface area (Å²) >= 11 is 12.5. The molecule has 3 aromatic carbocycles. The smallest absolute Gasteiger partial charge is 0.335 e. The van der Waals surface area contributed by atoms with Crippen molar-refractivity contribution in [3.05, 3.63) is 81.6 Å². The molecule has 0 aliphatic rings. The lowest BCUT2D eigenvalue weighted by molar-refractivity contribution is 0.0696. The summed E-state index contributed by atoms with van der Waals surface area (Å²) < 4.78 is 16.3. The molecule has 0 radical (unpaired) electrons. The van der Waals surface area contributed by atoms with Crippen LogP contribution in [0.25, 0.3) is 28.1 Å². The molecule has 3 N–H and O–H groups in total. The standard InChI is InChI=1S/C21H12Cl2FN3O3/c22-13-2-1-3-15(24)18(13)20-26-16-8-10(21(29)30)4-7-17(16)27(20)11-5-6-12(19(25)28)14(23)9-11/h1-9H,(H2,25,28)(H,29,30). The number of fused-ring (bicyclic) bond motifs is 1. The first-order valence-corrected chi connectivity index (χ1v) is 9.33. The van der Waals surface area contributed by atoms with Gasteiger partial charge in [0.15, 0.2) is 0 Å². The number of benzene rings is 3. The normalized spacial score (nSPS) is 11.0. The third-order valence-electron chi connectivity index (χ3n) is 4.56. The van der Waals surface area contributed by atoms with Crippen LogP contribution in [0.15, 0.2) is 54.6 Å². The molecule has 6 nitrogen and oxygen atoms in total. The van der Waals surface area contributed by atoms with Crippen molar-refractivity contribution < 1.29 is 19.1 Å².